The van der Waals surface area contributed by atoms with Gasteiger partial charge in [0.25, 0.3) is 0 Å². The van der Waals surface area contributed by atoms with E-state index in [2.05, 4.69) is 5.18 Å². The number of ketones is 2. The number of nitrogens with zero attached hydrogens (tertiary/aromatic N) is 1. The van der Waals surface area contributed by atoms with Gasteiger partial charge in [0.15, 0.2) is 22.8 Å². The van der Waals surface area contributed by atoms with Crippen molar-refractivity contribution >= 4 is 17.5 Å². The molecule has 0 heterocycles. The Balaban J connectivity index is 1.91. The van der Waals surface area contributed by atoms with E-state index in [1.807, 2.05) is 0 Å². The Labute approximate surface area is 192 Å². The summed E-state index contributed by atoms with van der Waals surface area (Å²) < 4.78 is 38.7. The zero-order valence-corrected chi connectivity index (χ0v) is 19.7. The first-order chi connectivity index (χ1) is 15.3. The number of hydrogen-bond donors (Lipinski definition) is 0. The fraction of sp³-hybridized carbons (Fsp3) is 0.720. The summed E-state index contributed by atoms with van der Waals surface area (Å²) in [5.41, 5.74) is -6.36. The molecule has 3 saturated carbocycles. The molecule has 0 amide bonds. The highest BCUT2D eigenvalue weighted by Gasteiger charge is 2.78. The fourth-order valence-corrected chi connectivity index (χ4v) is 7.93. The summed E-state index contributed by atoms with van der Waals surface area (Å²) in [4.78, 5) is 49.7. The van der Waals surface area contributed by atoms with Gasteiger partial charge in [-0.3, -0.25) is 14.4 Å². The van der Waals surface area contributed by atoms with Gasteiger partial charge in [-0.05, 0) is 56.8 Å². The van der Waals surface area contributed by atoms with Crippen LogP contribution < -0.4 is 0 Å². The molecule has 2 unspecified atom stereocenters. The summed E-state index contributed by atoms with van der Waals surface area (Å²) in [5, 5.41) is 3.19. The fourth-order valence-electron chi connectivity index (χ4n) is 7.93. The second-order valence-electron chi connectivity index (χ2n) is 10.7. The number of halogens is 2. The highest BCUT2D eigenvalue weighted by molar-refractivity contribution is 6.01. The standard InChI is InChI=1S/C25H31F2NO5/c1-6-21(31)33-25(14(3)29)13(2)9-16-17-11-19(26)18-10-15(30)7-8-22(18,4)24(17,27)20(28-32)12-23(16,25)5/h7-8,10,13,16-17,19-20H,6,9,11-12H2,1-5H3/t13-,16?,17?,19+,20+,22+,23+,24+,25+/m1/s1. The molecule has 4 aliphatic rings. The zero-order chi connectivity index (χ0) is 24.6. The van der Waals surface area contributed by atoms with Crippen molar-refractivity contribution in [1.82, 2.24) is 0 Å². The van der Waals surface area contributed by atoms with Crippen molar-refractivity contribution in [2.75, 3.05) is 0 Å². The lowest BCUT2D eigenvalue weighted by molar-refractivity contribution is -0.206. The van der Waals surface area contributed by atoms with Crippen LogP contribution in [-0.2, 0) is 19.1 Å². The minimum atomic E-state index is -2.24. The Morgan fingerprint density at radius 1 is 1.24 bits per heavy atom. The largest absolute Gasteiger partial charge is 0.450 e. The first kappa shape index (κ1) is 23.9. The van der Waals surface area contributed by atoms with E-state index in [1.165, 1.54) is 26.0 Å². The van der Waals surface area contributed by atoms with Gasteiger partial charge in [0.2, 0.25) is 0 Å². The number of rotatable bonds is 4. The molecule has 9 atom stereocenters. The highest BCUT2D eigenvalue weighted by Crippen LogP contribution is 2.72. The maximum Gasteiger partial charge on any atom is 0.306 e. The normalized spacial score (nSPS) is 48.3. The van der Waals surface area contributed by atoms with Crippen LogP contribution in [-0.4, -0.2) is 41.0 Å². The molecular formula is C25H31F2NO5. The van der Waals surface area contributed by atoms with E-state index in [0.717, 1.165) is 6.08 Å². The first-order valence-corrected chi connectivity index (χ1v) is 11.7. The summed E-state index contributed by atoms with van der Waals surface area (Å²) in [5.74, 6) is -3.24. The first-order valence-electron chi connectivity index (χ1n) is 11.7. The molecule has 0 saturated heterocycles. The van der Waals surface area contributed by atoms with Gasteiger partial charge >= 0.3 is 5.97 Å². The number of fused-ring (bicyclic) bond motifs is 5. The second-order valence-corrected chi connectivity index (χ2v) is 10.7. The Morgan fingerprint density at radius 3 is 2.48 bits per heavy atom. The predicted molar refractivity (Wildman–Crippen MR) is 117 cm³/mol. The monoisotopic (exact) mass is 463 g/mol. The van der Waals surface area contributed by atoms with Crippen LogP contribution in [0.5, 0.6) is 0 Å². The number of Topliss-reactive ketones (excluding diaryl/α,β-unsaturated/α-hetero) is 1. The zero-order valence-electron chi connectivity index (χ0n) is 19.7. The van der Waals surface area contributed by atoms with Gasteiger partial charge in [0, 0.05) is 29.1 Å². The highest BCUT2D eigenvalue weighted by atomic mass is 19.1. The molecule has 180 valence electrons. The van der Waals surface area contributed by atoms with Gasteiger partial charge < -0.3 is 4.74 Å². The summed E-state index contributed by atoms with van der Waals surface area (Å²) in [6, 6.07) is -1.41. The van der Waals surface area contributed by atoms with E-state index in [-0.39, 0.29) is 30.6 Å². The Kier molecular flexibility index (Phi) is 5.34. The van der Waals surface area contributed by atoms with Crippen molar-refractivity contribution in [3.05, 3.63) is 28.7 Å². The van der Waals surface area contributed by atoms with Crippen molar-refractivity contribution in [2.45, 2.75) is 83.8 Å². The minimum absolute atomic E-state index is 0.0345. The Hall–Kier alpha value is -2.25. The number of esters is 1. The van der Waals surface area contributed by atoms with Crippen LogP contribution in [0.2, 0.25) is 0 Å². The van der Waals surface area contributed by atoms with Crippen LogP contribution in [0.1, 0.15) is 60.3 Å². The van der Waals surface area contributed by atoms with Crippen molar-refractivity contribution in [3.8, 4) is 0 Å². The van der Waals surface area contributed by atoms with E-state index < -0.39 is 63.8 Å². The van der Waals surface area contributed by atoms with Crippen molar-refractivity contribution in [1.29, 1.82) is 0 Å². The van der Waals surface area contributed by atoms with Gasteiger partial charge in [-0.25, -0.2) is 8.78 Å². The lowest BCUT2D eigenvalue weighted by Crippen LogP contribution is -2.70. The maximum atomic E-state index is 17.4. The molecule has 0 N–H and O–H groups in total. The molecule has 0 aliphatic heterocycles. The smallest absolute Gasteiger partial charge is 0.306 e. The summed E-state index contributed by atoms with van der Waals surface area (Å²) in [6.45, 7) is 8.04. The third kappa shape index (κ3) is 2.72. The molecule has 0 radical (unpaired) electrons. The molecule has 0 aromatic heterocycles. The molecule has 0 bridgehead atoms. The van der Waals surface area contributed by atoms with Crippen LogP contribution in [0.3, 0.4) is 0 Å². The summed E-state index contributed by atoms with van der Waals surface area (Å²) in [7, 11) is 0. The molecule has 3 fully saturated rings. The number of alkyl halides is 2. The predicted octanol–water partition coefficient (Wildman–Crippen LogP) is 4.61. The Bertz CT molecular complexity index is 993. The van der Waals surface area contributed by atoms with E-state index in [1.54, 1.807) is 20.8 Å². The van der Waals surface area contributed by atoms with Crippen LogP contribution in [0.4, 0.5) is 8.78 Å². The van der Waals surface area contributed by atoms with E-state index in [9.17, 15) is 19.3 Å². The van der Waals surface area contributed by atoms with Crippen LogP contribution in [0.15, 0.2) is 29.0 Å². The third-order valence-electron chi connectivity index (χ3n) is 9.38. The van der Waals surface area contributed by atoms with Gasteiger partial charge in [-0.2, -0.15) is 4.91 Å². The molecule has 0 aromatic carbocycles. The summed E-state index contributed by atoms with van der Waals surface area (Å²) in [6.07, 6.45) is 2.22. The molecule has 4 rings (SSSR count). The van der Waals surface area contributed by atoms with Crippen molar-refractivity contribution < 1.29 is 27.9 Å². The number of hydrogen-bond acceptors (Lipinski definition) is 6. The van der Waals surface area contributed by atoms with E-state index in [4.69, 9.17) is 4.74 Å². The molecule has 6 nitrogen and oxygen atoms in total. The molecular weight excluding hydrogens is 432 g/mol. The van der Waals surface area contributed by atoms with Crippen LogP contribution in [0.25, 0.3) is 0 Å². The van der Waals surface area contributed by atoms with Gasteiger partial charge in [0.1, 0.15) is 12.2 Å². The van der Waals surface area contributed by atoms with Gasteiger partial charge in [0.05, 0.1) is 0 Å². The number of ether oxygens (including phenoxy) is 1. The van der Waals surface area contributed by atoms with Crippen molar-refractivity contribution in [2.24, 2.45) is 33.8 Å². The number of allylic oxidation sites excluding steroid dienone is 4. The average Bonchev–Trinajstić information content (AvgIpc) is 2.98. The summed E-state index contributed by atoms with van der Waals surface area (Å²) >= 11 is 0. The molecule has 0 aromatic rings. The quantitative estimate of drug-likeness (QED) is 0.449. The number of nitroso groups, excluding NO2 is 1. The topological polar surface area (TPSA) is 89.9 Å². The number of carbonyl (C=O) groups excluding carboxylic acids is 3. The molecule has 8 heteroatoms. The molecule has 4 aliphatic carbocycles. The number of carbonyl (C=O) groups is 3. The van der Waals surface area contributed by atoms with Crippen LogP contribution >= 0.6 is 0 Å². The minimum Gasteiger partial charge on any atom is -0.450 e. The molecule has 33 heavy (non-hydrogen) atoms. The van der Waals surface area contributed by atoms with Crippen molar-refractivity contribution in [3.63, 3.8) is 0 Å². The second kappa shape index (κ2) is 7.37. The van der Waals surface area contributed by atoms with Crippen LogP contribution in [0, 0.1) is 33.5 Å². The third-order valence-corrected chi connectivity index (χ3v) is 9.38. The van der Waals surface area contributed by atoms with Gasteiger partial charge in [-0.15, -0.1) is 0 Å². The SMILES string of the molecule is CCC(=O)O[C@]1(C(C)=O)[C@H](C)CC2C3C[C@H](F)C4=CC(=O)C=C[C@]4(C)[C@@]3(F)[C@@H](N=O)C[C@@]21C. The molecule has 0 spiro atoms. The maximum absolute atomic E-state index is 17.4. The Morgan fingerprint density at radius 2 is 1.91 bits per heavy atom. The van der Waals surface area contributed by atoms with E-state index in [0.29, 0.717) is 6.42 Å². The van der Waals surface area contributed by atoms with Gasteiger partial charge in [-0.1, -0.05) is 32.0 Å². The lowest BCUT2D eigenvalue weighted by atomic mass is 9.44. The van der Waals surface area contributed by atoms with E-state index >= 15 is 8.78 Å². The lowest BCUT2D eigenvalue weighted by Gasteiger charge is -2.62. The average molecular weight is 464 g/mol.